The number of nitrogens with one attached hydrogen (secondary N) is 1. The fourth-order valence-corrected chi connectivity index (χ4v) is 3.28. The lowest BCUT2D eigenvalue weighted by Gasteiger charge is -2.33. The molecule has 1 saturated heterocycles. The Hall–Kier alpha value is -2.90. The zero-order valence-electron chi connectivity index (χ0n) is 13.4. The number of fused-ring (bicyclic) bond motifs is 1. The molecular weight excluding hydrogens is 306 g/mol. The lowest BCUT2D eigenvalue weighted by molar-refractivity contribution is 0.494. The summed E-state index contributed by atoms with van der Waals surface area (Å²) in [6, 6.07) is 5.57. The number of aromatic amines is 1. The summed E-state index contributed by atoms with van der Waals surface area (Å²) in [5, 5.41) is 3.14. The molecule has 1 aliphatic rings. The number of hydrogen-bond acceptors (Lipinski definition) is 6. The van der Waals surface area contributed by atoms with Crippen molar-refractivity contribution in [2.75, 3.05) is 23.7 Å². The van der Waals surface area contributed by atoms with Gasteiger partial charge in [-0.1, -0.05) is 0 Å². The van der Waals surface area contributed by atoms with Gasteiger partial charge in [0.05, 0.1) is 5.52 Å². The van der Waals surface area contributed by atoms with Crippen LogP contribution in [0.25, 0.3) is 11.0 Å². The van der Waals surface area contributed by atoms with Crippen LogP contribution in [-0.4, -0.2) is 37.8 Å². The van der Waals surface area contributed by atoms with E-state index in [2.05, 4.69) is 25.0 Å². The molecule has 0 amide bonds. The first-order valence-electron chi connectivity index (χ1n) is 8.00. The standard InChI is InChI=1S/C16H19N7O/c1-22-14(24)7-12(21-22)10-3-2-6-23(8-10)13-5-4-11-15(20-13)16(17)19-9-18-11/h4-5,7,9-10,21H,2-3,6,8H2,1H3,(H2,17,18,19). The van der Waals surface area contributed by atoms with Crippen molar-refractivity contribution >= 4 is 22.7 Å². The molecule has 0 aromatic carbocycles. The number of aromatic nitrogens is 5. The van der Waals surface area contributed by atoms with Gasteiger partial charge in [0.1, 0.15) is 17.7 Å². The third-order valence-electron chi connectivity index (χ3n) is 4.59. The van der Waals surface area contributed by atoms with Gasteiger partial charge in [0.15, 0.2) is 5.82 Å². The summed E-state index contributed by atoms with van der Waals surface area (Å²) in [7, 11) is 1.74. The second kappa shape index (κ2) is 5.63. The van der Waals surface area contributed by atoms with E-state index in [-0.39, 0.29) is 11.5 Å². The van der Waals surface area contributed by atoms with Crippen molar-refractivity contribution in [3.05, 3.63) is 40.6 Å². The maximum Gasteiger partial charge on any atom is 0.266 e. The first-order valence-corrected chi connectivity index (χ1v) is 8.00. The molecule has 4 rings (SSSR count). The van der Waals surface area contributed by atoms with Gasteiger partial charge >= 0.3 is 0 Å². The van der Waals surface area contributed by atoms with Gasteiger partial charge < -0.3 is 10.6 Å². The summed E-state index contributed by atoms with van der Waals surface area (Å²) in [6.07, 6.45) is 3.54. The molecule has 4 heterocycles. The van der Waals surface area contributed by atoms with E-state index < -0.39 is 0 Å². The summed E-state index contributed by atoms with van der Waals surface area (Å²) in [5.74, 6) is 1.55. The molecule has 0 bridgehead atoms. The molecule has 3 aromatic heterocycles. The number of H-pyrrole nitrogens is 1. The Labute approximate surface area is 138 Å². The number of aryl methyl sites for hydroxylation is 1. The number of nitrogen functional groups attached to an aromatic ring is 1. The highest BCUT2D eigenvalue weighted by Crippen LogP contribution is 2.29. The highest BCUT2D eigenvalue weighted by atomic mass is 16.1. The second-order valence-corrected chi connectivity index (χ2v) is 6.19. The van der Waals surface area contributed by atoms with Crippen LogP contribution in [0.2, 0.25) is 0 Å². The van der Waals surface area contributed by atoms with E-state index in [4.69, 9.17) is 5.73 Å². The monoisotopic (exact) mass is 325 g/mol. The molecule has 1 fully saturated rings. The highest BCUT2D eigenvalue weighted by Gasteiger charge is 2.24. The van der Waals surface area contributed by atoms with Crippen molar-refractivity contribution in [2.45, 2.75) is 18.8 Å². The Morgan fingerprint density at radius 1 is 1.33 bits per heavy atom. The molecule has 1 aliphatic heterocycles. The van der Waals surface area contributed by atoms with Crippen LogP contribution >= 0.6 is 0 Å². The van der Waals surface area contributed by atoms with Crippen molar-refractivity contribution in [2.24, 2.45) is 7.05 Å². The summed E-state index contributed by atoms with van der Waals surface area (Å²) >= 11 is 0. The molecule has 124 valence electrons. The van der Waals surface area contributed by atoms with E-state index in [1.165, 1.54) is 11.0 Å². The van der Waals surface area contributed by atoms with E-state index in [0.29, 0.717) is 11.3 Å². The van der Waals surface area contributed by atoms with E-state index in [1.54, 1.807) is 13.1 Å². The quantitative estimate of drug-likeness (QED) is 0.728. The van der Waals surface area contributed by atoms with Crippen molar-refractivity contribution in [3.8, 4) is 0 Å². The zero-order chi connectivity index (χ0) is 16.7. The lowest BCUT2D eigenvalue weighted by Crippen LogP contribution is -2.35. The van der Waals surface area contributed by atoms with Crippen LogP contribution in [0.5, 0.6) is 0 Å². The van der Waals surface area contributed by atoms with Gasteiger partial charge in [-0.2, -0.15) is 0 Å². The van der Waals surface area contributed by atoms with Gasteiger partial charge in [0, 0.05) is 37.8 Å². The van der Waals surface area contributed by atoms with Crippen LogP contribution in [-0.2, 0) is 7.05 Å². The Balaban J connectivity index is 1.64. The first-order chi connectivity index (χ1) is 11.6. The third kappa shape index (κ3) is 2.49. The van der Waals surface area contributed by atoms with Gasteiger partial charge in [0.25, 0.3) is 5.56 Å². The first kappa shape index (κ1) is 14.7. The highest BCUT2D eigenvalue weighted by molar-refractivity contribution is 5.84. The van der Waals surface area contributed by atoms with Crippen LogP contribution < -0.4 is 16.2 Å². The molecule has 8 heteroatoms. The molecule has 1 atom stereocenters. The number of pyridine rings is 1. The van der Waals surface area contributed by atoms with E-state index >= 15 is 0 Å². The Kier molecular flexibility index (Phi) is 3.44. The topological polar surface area (TPSA) is 106 Å². The van der Waals surface area contributed by atoms with Crippen LogP contribution in [0.3, 0.4) is 0 Å². The fourth-order valence-electron chi connectivity index (χ4n) is 3.28. The van der Waals surface area contributed by atoms with Crippen LogP contribution in [0.4, 0.5) is 11.6 Å². The van der Waals surface area contributed by atoms with E-state index in [0.717, 1.165) is 43.0 Å². The Morgan fingerprint density at radius 2 is 2.21 bits per heavy atom. The third-order valence-corrected chi connectivity index (χ3v) is 4.59. The van der Waals surface area contributed by atoms with Gasteiger partial charge in [-0.3, -0.25) is 14.6 Å². The SMILES string of the molecule is Cn1[nH]c(C2CCCN(c3ccc4ncnc(N)c4n3)C2)cc1=O. The molecule has 0 radical (unpaired) electrons. The van der Waals surface area contributed by atoms with Crippen LogP contribution in [0, 0.1) is 0 Å². The van der Waals surface area contributed by atoms with E-state index in [9.17, 15) is 4.79 Å². The largest absolute Gasteiger partial charge is 0.382 e. The number of nitrogens with two attached hydrogens (primary N) is 1. The number of nitrogens with zero attached hydrogens (tertiary/aromatic N) is 5. The smallest absolute Gasteiger partial charge is 0.266 e. The predicted molar refractivity (Wildman–Crippen MR) is 92.0 cm³/mol. The summed E-state index contributed by atoms with van der Waals surface area (Å²) < 4.78 is 1.51. The van der Waals surface area contributed by atoms with Gasteiger partial charge in [-0.15, -0.1) is 0 Å². The average molecular weight is 325 g/mol. The van der Waals surface area contributed by atoms with Crippen molar-refractivity contribution in [3.63, 3.8) is 0 Å². The molecular formula is C16H19N7O. The molecule has 0 aliphatic carbocycles. The van der Waals surface area contributed by atoms with Gasteiger partial charge in [-0.05, 0) is 25.0 Å². The lowest BCUT2D eigenvalue weighted by atomic mass is 9.95. The maximum atomic E-state index is 11.7. The molecule has 8 nitrogen and oxygen atoms in total. The van der Waals surface area contributed by atoms with Crippen molar-refractivity contribution in [1.29, 1.82) is 0 Å². The van der Waals surface area contributed by atoms with Crippen molar-refractivity contribution < 1.29 is 0 Å². The molecule has 0 saturated carbocycles. The molecule has 3 aromatic rings. The maximum absolute atomic E-state index is 11.7. The number of rotatable bonds is 2. The van der Waals surface area contributed by atoms with Crippen LogP contribution in [0.15, 0.2) is 29.3 Å². The van der Waals surface area contributed by atoms with E-state index in [1.807, 2.05) is 12.1 Å². The van der Waals surface area contributed by atoms with Gasteiger partial charge in [0.2, 0.25) is 0 Å². The summed E-state index contributed by atoms with van der Waals surface area (Å²) in [5.41, 5.74) is 8.27. The summed E-state index contributed by atoms with van der Waals surface area (Å²) in [6.45, 7) is 1.74. The minimum Gasteiger partial charge on any atom is -0.382 e. The number of piperidine rings is 1. The second-order valence-electron chi connectivity index (χ2n) is 6.19. The molecule has 24 heavy (non-hydrogen) atoms. The number of anilines is 2. The van der Waals surface area contributed by atoms with Crippen LogP contribution in [0.1, 0.15) is 24.5 Å². The molecule has 3 N–H and O–H groups in total. The minimum atomic E-state index is -0.00382. The Bertz CT molecular complexity index is 945. The predicted octanol–water partition coefficient (Wildman–Crippen LogP) is 1.02. The molecule has 1 unspecified atom stereocenters. The van der Waals surface area contributed by atoms with Crippen molar-refractivity contribution in [1.82, 2.24) is 24.7 Å². The zero-order valence-corrected chi connectivity index (χ0v) is 13.4. The fraction of sp³-hybridized carbons (Fsp3) is 0.375. The molecule has 0 spiro atoms. The summed E-state index contributed by atoms with van der Waals surface area (Å²) in [4.78, 5) is 26.8. The number of hydrogen-bond donors (Lipinski definition) is 2. The minimum absolute atomic E-state index is 0.00382. The van der Waals surface area contributed by atoms with Gasteiger partial charge in [-0.25, -0.2) is 15.0 Å². The normalized spacial score (nSPS) is 18.2. The Morgan fingerprint density at radius 3 is 3.00 bits per heavy atom. The average Bonchev–Trinajstić information content (AvgIpc) is 2.94.